The zero-order chi connectivity index (χ0) is 14.8. The van der Waals surface area contributed by atoms with E-state index in [0.717, 1.165) is 12.8 Å². The number of carbonyl (C=O) groups excluding carboxylic acids is 2. The normalized spacial score (nSPS) is 16.6. The number of carboxylic acids is 1. The first-order valence-corrected chi connectivity index (χ1v) is 6.26. The van der Waals surface area contributed by atoms with Gasteiger partial charge in [0.15, 0.2) is 0 Å². The van der Waals surface area contributed by atoms with Crippen molar-refractivity contribution in [3.05, 3.63) is 29.6 Å². The van der Waals surface area contributed by atoms with Gasteiger partial charge < -0.3 is 16.2 Å². The molecule has 0 bridgehead atoms. The van der Waals surface area contributed by atoms with E-state index in [9.17, 15) is 19.5 Å². The lowest BCUT2D eigenvalue weighted by Gasteiger charge is -2.25. The molecule has 0 atom stereocenters. The van der Waals surface area contributed by atoms with Crippen molar-refractivity contribution < 1.29 is 19.5 Å². The summed E-state index contributed by atoms with van der Waals surface area (Å²) >= 11 is 0. The van der Waals surface area contributed by atoms with Gasteiger partial charge in [0.2, 0.25) is 5.91 Å². The Balaban J connectivity index is 2.15. The third kappa shape index (κ3) is 2.61. The molecule has 0 radical (unpaired) electrons. The minimum atomic E-state index is -1.21. The van der Waals surface area contributed by atoms with Gasteiger partial charge in [-0.2, -0.15) is 0 Å². The molecule has 0 aromatic carbocycles. The summed E-state index contributed by atoms with van der Waals surface area (Å²) in [6.07, 6.45) is 3.54. The minimum absolute atomic E-state index is 0.0579. The number of hydrogen-bond acceptors (Lipinski definition) is 4. The Morgan fingerprint density at radius 3 is 2.35 bits per heavy atom. The van der Waals surface area contributed by atoms with Gasteiger partial charge in [-0.1, -0.05) is 12.8 Å². The second kappa shape index (κ2) is 5.28. The first-order chi connectivity index (χ1) is 9.44. The molecule has 0 saturated heterocycles. The molecule has 0 aliphatic heterocycles. The van der Waals surface area contributed by atoms with Crippen LogP contribution in [-0.4, -0.2) is 33.4 Å². The van der Waals surface area contributed by atoms with E-state index in [2.05, 4.69) is 10.3 Å². The number of nitrogens with two attached hydrogens (primary N) is 1. The highest BCUT2D eigenvalue weighted by atomic mass is 16.4. The Kier molecular flexibility index (Phi) is 3.69. The monoisotopic (exact) mass is 277 g/mol. The number of primary amides is 1. The fourth-order valence-electron chi connectivity index (χ4n) is 2.33. The Morgan fingerprint density at radius 1 is 1.25 bits per heavy atom. The van der Waals surface area contributed by atoms with E-state index < -0.39 is 23.3 Å². The first-order valence-electron chi connectivity index (χ1n) is 6.26. The van der Waals surface area contributed by atoms with Gasteiger partial charge in [0.05, 0.1) is 5.56 Å². The molecule has 1 aliphatic carbocycles. The number of aliphatic carboxylic acids is 1. The smallest absolute Gasteiger partial charge is 0.329 e. The van der Waals surface area contributed by atoms with Crippen LogP contribution in [0.25, 0.3) is 0 Å². The summed E-state index contributed by atoms with van der Waals surface area (Å²) in [4.78, 5) is 38.1. The van der Waals surface area contributed by atoms with Crippen molar-refractivity contribution in [3.8, 4) is 0 Å². The van der Waals surface area contributed by atoms with E-state index in [1.165, 1.54) is 18.3 Å². The predicted molar refractivity (Wildman–Crippen MR) is 69.1 cm³/mol. The molecule has 1 aliphatic rings. The lowest BCUT2D eigenvalue weighted by molar-refractivity contribution is -0.144. The molecule has 1 saturated carbocycles. The second-order valence-corrected chi connectivity index (χ2v) is 4.84. The maximum Gasteiger partial charge on any atom is 0.329 e. The maximum absolute atomic E-state index is 12.0. The molecule has 106 valence electrons. The quantitative estimate of drug-likeness (QED) is 0.730. The lowest BCUT2D eigenvalue weighted by Crippen LogP contribution is -2.52. The summed E-state index contributed by atoms with van der Waals surface area (Å²) in [6, 6.07) is 2.73. The Labute approximate surface area is 115 Å². The molecular formula is C13H15N3O4. The average Bonchev–Trinajstić information content (AvgIpc) is 2.88. The minimum Gasteiger partial charge on any atom is -0.480 e. The predicted octanol–water partition coefficient (Wildman–Crippen LogP) is 0.308. The Bertz CT molecular complexity index is 547. The average molecular weight is 277 g/mol. The van der Waals surface area contributed by atoms with Crippen molar-refractivity contribution in [2.75, 3.05) is 0 Å². The van der Waals surface area contributed by atoms with E-state index in [1.54, 1.807) is 0 Å². The summed E-state index contributed by atoms with van der Waals surface area (Å²) in [5, 5.41) is 11.8. The number of hydrogen-bond donors (Lipinski definition) is 3. The first kappa shape index (κ1) is 14.0. The molecule has 1 heterocycles. The Hall–Kier alpha value is -2.44. The molecule has 1 aromatic rings. The topological polar surface area (TPSA) is 122 Å². The van der Waals surface area contributed by atoms with Crippen LogP contribution in [0.2, 0.25) is 0 Å². The van der Waals surface area contributed by atoms with Crippen LogP contribution in [0.3, 0.4) is 0 Å². The van der Waals surface area contributed by atoms with E-state index >= 15 is 0 Å². The number of carboxylic acid groups (broad SMARTS) is 1. The molecule has 1 aromatic heterocycles. The number of nitrogens with one attached hydrogen (secondary N) is 1. The zero-order valence-electron chi connectivity index (χ0n) is 10.8. The van der Waals surface area contributed by atoms with Gasteiger partial charge in [-0.05, 0) is 25.0 Å². The van der Waals surface area contributed by atoms with Gasteiger partial charge in [-0.25, -0.2) is 4.79 Å². The van der Waals surface area contributed by atoms with E-state index in [4.69, 9.17) is 5.73 Å². The fourth-order valence-corrected chi connectivity index (χ4v) is 2.33. The van der Waals surface area contributed by atoms with Gasteiger partial charge in [0, 0.05) is 6.20 Å². The molecule has 4 N–H and O–H groups in total. The molecule has 0 unspecified atom stereocenters. The van der Waals surface area contributed by atoms with Crippen LogP contribution >= 0.6 is 0 Å². The largest absolute Gasteiger partial charge is 0.480 e. The van der Waals surface area contributed by atoms with Crippen molar-refractivity contribution in [2.45, 2.75) is 31.2 Å². The number of aromatic nitrogens is 1. The van der Waals surface area contributed by atoms with Crippen molar-refractivity contribution >= 4 is 17.8 Å². The van der Waals surface area contributed by atoms with Crippen LogP contribution < -0.4 is 11.1 Å². The molecule has 7 nitrogen and oxygen atoms in total. The molecule has 7 heteroatoms. The highest BCUT2D eigenvalue weighted by Crippen LogP contribution is 2.30. The van der Waals surface area contributed by atoms with E-state index in [0.29, 0.717) is 12.8 Å². The van der Waals surface area contributed by atoms with Crippen LogP contribution in [0.5, 0.6) is 0 Å². The summed E-state index contributed by atoms with van der Waals surface area (Å²) in [6.45, 7) is 0. The third-order valence-electron chi connectivity index (χ3n) is 3.50. The van der Waals surface area contributed by atoms with Crippen molar-refractivity contribution in [1.82, 2.24) is 10.3 Å². The fraction of sp³-hybridized carbons (Fsp3) is 0.385. The van der Waals surface area contributed by atoms with Gasteiger partial charge in [-0.15, -0.1) is 0 Å². The lowest BCUT2D eigenvalue weighted by atomic mass is 9.97. The van der Waals surface area contributed by atoms with Gasteiger partial charge in [-0.3, -0.25) is 14.6 Å². The van der Waals surface area contributed by atoms with Gasteiger partial charge >= 0.3 is 5.97 Å². The van der Waals surface area contributed by atoms with Gasteiger partial charge in [0.1, 0.15) is 11.2 Å². The van der Waals surface area contributed by atoms with Crippen molar-refractivity contribution in [2.24, 2.45) is 5.73 Å². The molecule has 1 fully saturated rings. The highest BCUT2D eigenvalue weighted by Gasteiger charge is 2.42. The van der Waals surface area contributed by atoms with E-state index in [1.807, 2.05) is 0 Å². The second-order valence-electron chi connectivity index (χ2n) is 4.84. The number of rotatable bonds is 4. The van der Waals surface area contributed by atoms with Crippen LogP contribution in [-0.2, 0) is 4.79 Å². The number of carbonyl (C=O) groups is 3. The summed E-state index contributed by atoms with van der Waals surface area (Å²) in [5.74, 6) is -2.23. The number of nitrogens with zero attached hydrogens (tertiary/aromatic N) is 1. The van der Waals surface area contributed by atoms with Crippen molar-refractivity contribution in [1.29, 1.82) is 0 Å². The Morgan fingerprint density at radius 2 is 1.90 bits per heavy atom. The SMILES string of the molecule is NC(=O)c1ccc(C(=O)NC2(C(=O)O)CCCC2)nc1. The number of amides is 2. The third-order valence-corrected chi connectivity index (χ3v) is 3.50. The maximum atomic E-state index is 12.0. The molecular weight excluding hydrogens is 262 g/mol. The van der Waals surface area contributed by atoms with Crippen LogP contribution in [0.4, 0.5) is 0 Å². The summed E-state index contributed by atoms with van der Waals surface area (Å²) in [7, 11) is 0. The highest BCUT2D eigenvalue weighted by molar-refractivity contribution is 5.97. The molecule has 2 amide bonds. The standard InChI is InChI=1S/C13H15N3O4/c14-10(17)8-3-4-9(15-7-8)11(18)16-13(12(19)20)5-1-2-6-13/h3-4,7H,1-2,5-6H2,(H2,14,17)(H,16,18)(H,19,20). The van der Waals surface area contributed by atoms with Crippen LogP contribution in [0.1, 0.15) is 46.5 Å². The van der Waals surface area contributed by atoms with Crippen LogP contribution in [0.15, 0.2) is 18.3 Å². The van der Waals surface area contributed by atoms with Crippen LogP contribution in [0, 0.1) is 0 Å². The zero-order valence-corrected chi connectivity index (χ0v) is 10.8. The van der Waals surface area contributed by atoms with Gasteiger partial charge in [0.25, 0.3) is 5.91 Å². The molecule has 20 heavy (non-hydrogen) atoms. The number of pyridine rings is 1. The molecule has 0 spiro atoms. The van der Waals surface area contributed by atoms with Crippen molar-refractivity contribution in [3.63, 3.8) is 0 Å². The van der Waals surface area contributed by atoms with E-state index in [-0.39, 0.29) is 11.3 Å². The summed E-state index contributed by atoms with van der Waals surface area (Å²) in [5.41, 5.74) is 4.12. The molecule has 2 rings (SSSR count). The summed E-state index contributed by atoms with van der Waals surface area (Å²) < 4.78 is 0.